The monoisotopic (exact) mass is 255 g/mol. The van der Waals surface area contributed by atoms with E-state index in [0.717, 1.165) is 5.39 Å². The average Bonchev–Trinajstić information content (AvgIpc) is 2.48. The standard InChI is InChI=1S/C9H6BrNO3/c10-9-8-5(4-7(12)13)2-1-3-6(8)14-11-9/h1-3H,4H2,(H,12,13). The maximum absolute atomic E-state index is 10.6. The first-order valence-electron chi connectivity index (χ1n) is 3.93. The lowest BCUT2D eigenvalue weighted by atomic mass is 10.1. The summed E-state index contributed by atoms with van der Waals surface area (Å²) in [6.45, 7) is 0. The predicted octanol–water partition coefficient (Wildman–Crippen LogP) is 2.22. The highest BCUT2D eigenvalue weighted by molar-refractivity contribution is 9.10. The third kappa shape index (κ3) is 1.50. The van der Waals surface area contributed by atoms with Crippen LogP contribution in [-0.4, -0.2) is 16.2 Å². The second kappa shape index (κ2) is 3.42. The van der Waals surface area contributed by atoms with Crippen LogP contribution < -0.4 is 0 Å². The Morgan fingerprint density at radius 1 is 1.57 bits per heavy atom. The van der Waals surface area contributed by atoms with Gasteiger partial charge in [0.2, 0.25) is 0 Å². The van der Waals surface area contributed by atoms with Crippen LogP contribution >= 0.6 is 15.9 Å². The Balaban J connectivity index is 2.63. The summed E-state index contributed by atoms with van der Waals surface area (Å²) in [6.07, 6.45) is -0.0306. The maximum atomic E-state index is 10.6. The summed E-state index contributed by atoms with van der Waals surface area (Å²) in [5.41, 5.74) is 1.29. The topological polar surface area (TPSA) is 63.3 Å². The van der Waals surface area contributed by atoms with E-state index in [-0.39, 0.29) is 6.42 Å². The SMILES string of the molecule is O=C(O)Cc1cccc2onc(Br)c12. The van der Waals surface area contributed by atoms with Crippen LogP contribution in [0.4, 0.5) is 0 Å². The van der Waals surface area contributed by atoms with Crippen molar-refractivity contribution in [1.82, 2.24) is 5.16 Å². The first kappa shape index (κ1) is 9.21. The van der Waals surface area contributed by atoms with Gasteiger partial charge in [0, 0.05) is 0 Å². The molecule has 1 N–H and O–H groups in total. The van der Waals surface area contributed by atoms with Crippen LogP contribution in [-0.2, 0) is 11.2 Å². The first-order valence-corrected chi connectivity index (χ1v) is 4.72. The maximum Gasteiger partial charge on any atom is 0.307 e. The zero-order valence-corrected chi connectivity index (χ0v) is 8.61. The minimum Gasteiger partial charge on any atom is -0.481 e. The summed E-state index contributed by atoms with van der Waals surface area (Å²) in [4.78, 5) is 10.6. The number of aliphatic carboxylic acids is 1. The molecule has 1 aromatic carbocycles. The molecule has 1 heterocycles. The van der Waals surface area contributed by atoms with Crippen molar-refractivity contribution in [2.45, 2.75) is 6.42 Å². The summed E-state index contributed by atoms with van der Waals surface area (Å²) < 4.78 is 5.53. The van der Waals surface area contributed by atoms with Crippen LogP contribution in [0.5, 0.6) is 0 Å². The molecule has 0 unspecified atom stereocenters. The summed E-state index contributed by atoms with van der Waals surface area (Å²) in [5, 5.41) is 13.1. The molecule has 1 aromatic heterocycles. The Morgan fingerprint density at radius 3 is 3.07 bits per heavy atom. The molecular formula is C9H6BrNO3. The Hall–Kier alpha value is -1.36. The normalized spacial score (nSPS) is 10.6. The van der Waals surface area contributed by atoms with E-state index in [1.807, 2.05) is 0 Å². The quantitative estimate of drug-likeness (QED) is 0.894. The average molecular weight is 256 g/mol. The summed E-state index contributed by atoms with van der Waals surface area (Å²) in [6, 6.07) is 5.25. The van der Waals surface area contributed by atoms with Crippen molar-refractivity contribution >= 4 is 32.9 Å². The van der Waals surface area contributed by atoms with Crippen molar-refractivity contribution in [2.75, 3.05) is 0 Å². The van der Waals surface area contributed by atoms with Gasteiger partial charge in [-0.2, -0.15) is 0 Å². The number of hydrogen-bond donors (Lipinski definition) is 1. The van der Waals surface area contributed by atoms with Gasteiger partial charge in [0.25, 0.3) is 0 Å². The third-order valence-corrected chi connectivity index (χ3v) is 2.43. The van der Waals surface area contributed by atoms with Gasteiger partial charge in [0.05, 0.1) is 11.8 Å². The summed E-state index contributed by atoms with van der Waals surface area (Å²) in [5.74, 6) is -0.870. The van der Waals surface area contributed by atoms with Gasteiger partial charge in [-0.25, -0.2) is 0 Å². The number of benzene rings is 1. The lowest BCUT2D eigenvalue weighted by Crippen LogP contribution is -2.00. The van der Waals surface area contributed by atoms with Crippen molar-refractivity contribution in [1.29, 1.82) is 0 Å². The van der Waals surface area contributed by atoms with E-state index >= 15 is 0 Å². The highest BCUT2D eigenvalue weighted by atomic mass is 79.9. The van der Waals surface area contributed by atoms with E-state index in [9.17, 15) is 4.79 Å². The molecule has 0 radical (unpaired) electrons. The molecule has 0 fully saturated rings. The van der Waals surface area contributed by atoms with Gasteiger partial charge in [0.1, 0.15) is 0 Å². The number of carbonyl (C=O) groups is 1. The smallest absolute Gasteiger partial charge is 0.307 e. The van der Waals surface area contributed by atoms with Crippen molar-refractivity contribution in [3.05, 3.63) is 28.4 Å². The Morgan fingerprint density at radius 2 is 2.36 bits per heavy atom. The minimum absolute atomic E-state index is 0.0306. The predicted molar refractivity (Wildman–Crippen MR) is 53.0 cm³/mol. The van der Waals surface area contributed by atoms with Gasteiger partial charge in [0.15, 0.2) is 10.2 Å². The van der Waals surface area contributed by atoms with Crippen LogP contribution in [0.25, 0.3) is 11.0 Å². The Labute approximate surface area is 87.6 Å². The molecule has 0 bridgehead atoms. The van der Waals surface area contributed by atoms with Gasteiger partial charge in [-0.3, -0.25) is 4.79 Å². The van der Waals surface area contributed by atoms with Gasteiger partial charge < -0.3 is 9.63 Å². The molecular weight excluding hydrogens is 250 g/mol. The van der Waals surface area contributed by atoms with Crippen LogP contribution in [0.1, 0.15) is 5.56 Å². The molecule has 72 valence electrons. The van der Waals surface area contributed by atoms with Gasteiger partial charge in [-0.05, 0) is 27.6 Å². The zero-order chi connectivity index (χ0) is 10.1. The highest BCUT2D eigenvalue weighted by Crippen LogP contribution is 2.26. The van der Waals surface area contributed by atoms with E-state index in [4.69, 9.17) is 9.63 Å². The third-order valence-electron chi connectivity index (χ3n) is 1.88. The largest absolute Gasteiger partial charge is 0.481 e. The number of nitrogens with zero attached hydrogens (tertiary/aromatic N) is 1. The van der Waals surface area contributed by atoms with Gasteiger partial charge >= 0.3 is 5.97 Å². The molecule has 0 amide bonds. The number of carboxylic acid groups (broad SMARTS) is 1. The van der Waals surface area contributed by atoms with Crippen molar-refractivity contribution in [3.63, 3.8) is 0 Å². The fourth-order valence-electron chi connectivity index (χ4n) is 1.33. The molecule has 0 saturated carbocycles. The van der Waals surface area contributed by atoms with Crippen LogP contribution in [0.2, 0.25) is 0 Å². The van der Waals surface area contributed by atoms with E-state index in [0.29, 0.717) is 15.7 Å². The van der Waals surface area contributed by atoms with Crippen LogP contribution in [0.15, 0.2) is 27.3 Å². The lowest BCUT2D eigenvalue weighted by molar-refractivity contribution is -0.136. The van der Waals surface area contributed by atoms with E-state index in [1.165, 1.54) is 0 Å². The zero-order valence-electron chi connectivity index (χ0n) is 7.03. The molecule has 0 aliphatic rings. The minimum atomic E-state index is -0.870. The number of carboxylic acids is 1. The number of fused-ring (bicyclic) bond motifs is 1. The molecule has 0 atom stereocenters. The van der Waals surface area contributed by atoms with E-state index in [2.05, 4.69) is 21.1 Å². The van der Waals surface area contributed by atoms with Crippen LogP contribution in [0, 0.1) is 0 Å². The molecule has 0 saturated heterocycles. The number of rotatable bonds is 2. The van der Waals surface area contributed by atoms with Gasteiger partial charge in [-0.15, -0.1) is 0 Å². The van der Waals surface area contributed by atoms with E-state index in [1.54, 1.807) is 18.2 Å². The van der Waals surface area contributed by atoms with Crippen molar-refractivity contribution < 1.29 is 14.4 Å². The molecule has 14 heavy (non-hydrogen) atoms. The lowest BCUT2D eigenvalue weighted by Gasteiger charge is -1.97. The van der Waals surface area contributed by atoms with E-state index < -0.39 is 5.97 Å². The summed E-state index contributed by atoms with van der Waals surface area (Å²) in [7, 11) is 0. The number of hydrogen-bond acceptors (Lipinski definition) is 3. The van der Waals surface area contributed by atoms with Crippen molar-refractivity contribution in [2.24, 2.45) is 0 Å². The molecule has 4 nitrogen and oxygen atoms in total. The molecule has 0 aliphatic heterocycles. The summed E-state index contributed by atoms with van der Waals surface area (Å²) >= 11 is 3.21. The molecule has 0 spiro atoms. The van der Waals surface area contributed by atoms with Gasteiger partial charge in [-0.1, -0.05) is 17.3 Å². The van der Waals surface area contributed by atoms with Crippen molar-refractivity contribution in [3.8, 4) is 0 Å². The second-order valence-corrected chi connectivity index (χ2v) is 3.59. The number of halogens is 1. The first-order chi connectivity index (χ1) is 6.68. The Kier molecular flexibility index (Phi) is 2.25. The fourth-order valence-corrected chi connectivity index (χ4v) is 1.85. The highest BCUT2D eigenvalue weighted by Gasteiger charge is 2.11. The molecule has 5 heteroatoms. The molecule has 2 rings (SSSR count). The number of aromatic nitrogens is 1. The second-order valence-electron chi connectivity index (χ2n) is 2.83. The molecule has 2 aromatic rings. The van der Waals surface area contributed by atoms with Crippen LogP contribution in [0.3, 0.4) is 0 Å². The fraction of sp³-hybridized carbons (Fsp3) is 0.111. The molecule has 0 aliphatic carbocycles. The Bertz CT molecular complexity index is 492.